The number of aryl methyl sites for hydroxylation is 2. The summed E-state index contributed by atoms with van der Waals surface area (Å²) in [4.78, 5) is 27.7. The van der Waals surface area contributed by atoms with Crippen LogP contribution in [0.25, 0.3) is 5.82 Å². The molecule has 25 heavy (non-hydrogen) atoms. The summed E-state index contributed by atoms with van der Waals surface area (Å²) in [7, 11) is 1.46. The number of nitrogens with zero attached hydrogens (tertiary/aromatic N) is 3. The number of aliphatic carboxylic acids is 1. The van der Waals surface area contributed by atoms with E-state index in [1.54, 1.807) is 23.7 Å². The summed E-state index contributed by atoms with van der Waals surface area (Å²) in [6.07, 6.45) is 1.19. The average Bonchev–Trinajstić information content (AvgIpc) is 2.85. The van der Waals surface area contributed by atoms with Crippen LogP contribution in [0.15, 0.2) is 24.4 Å². The summed E-state index contributed by atoms with van der Waals surface area (Å²) in [5, 5.41) is 16.1. The van der Waals surface area contributed by atoms with Gasteiger partial charge in [-0.15, -0.1) is 0 Å². The monoisotopic (exact) mass is 346 g/mol. The lowest BCUT2D eigenvalue weighted by Crippen LogP contribution is -2.50. The fourth-order valence-corrected chi connectivity index (χ4v) is 2.64. The average molecular weight is 346 g/mol. The first-order valence-electron chi connectivity index (χ1n) is 7.77. The van der Waals surface area contributed by atoms with E-state index in [2.05, 4.69) is 15.4 Å². The van der Waals surface area contributed by atoms with Crippen LogP contribution < -0.4 is 5.32 Å². The van der Waals surface area contributed by atoms with E-state index >= 15 is 0 Å². The van der Waals surface area contributed by atoms with E-state index in [-0.39, 0.29) is 13.0 Å². The van der Waals surface area contributed by atoms with Gasteiger partial charge in [0, 0.05) is 19.0 Å². The van der Waals surface area contributed by atoms with Gasteiger partial charge in [-0.2, -0.15) is 5.10 Å². The number of hydrogen-bond acceptors (Lipinski definition) is 5. The number of rotatable bonds is 7. The van der Waals surface area contributed by atoms with Crippen molar-refractivity contribution >= 4 is 11.9 Å². The number of pyridine rings is 1. The highest BCUT2D eigenvalue weighted by Gasteiger charge is 2.30. The molecule has 2 aromatic heterocycles. The second-order valence-corrected chi connectivity index (χ2v) is 6.26. The molecule has 0 saturated heterocycles. The normalized spacial score (nSPS) is 13.3. The van der Waals surface area contributed by atoms with E-state index in [9.17, 15) is 9.59 Å². The van der Waals surface area contributed by atoms with Crippen LogP contribution in [-0.4, -0.2) is 51.0 Å². The topological polar surface area (TPSA) is 106 Å². The Morgan fingerprint density at radius 3 is 2.56 bits per heavy atom. The third-order valence-corrected chi connectivity index (χ3v) is 3.66. The SMILES string of the molecule is COCC(C)(CC(=O)O)NC(=O)c1ccc(-n2nc(C)cc2C)nc1. The first kappa shape index (κ1) is 18.6. The number of amides is 1. The molecule has 2 aromatic rings. The Bertz CT molecular complexity index is 769. The lowest BCUT2D eigenvalue weighted by molar-refractivity contribution is -0.139. The molecule has 1 atom stereocenters. The van der Waals surface area contributed by atoms with Crippen LogP contribution in [0.2, 0.25) is 0 Å². The molecule has 1 amide bonds. The molecule has 8 heteroatoms. The fourth-order valence-electron chi connectivity index (χ4n) is 2.64. The van der Waals surface area contributed by atoms with Crippen LogP contribution >= 0.6 is 0 Å². The fraction of sp³-hybridized carbons (Fsp3) is 0.412. The molecule has 0 radical (unpaired) electrons. The standard InChI is InChI=1S/C17H22N4O4/c1-11-7-12(2)21(20-11)14-6-5-13(9-18-14)16(24)19-17(3,10-25-4)8-15(22)23/h5-7,9H,8,10H2,1-4H3,(H,19,24)(H,22,23). The molecule has 8 nitrogen and oxygen atoms in total. The number of aromatic nitrogens is 3. The van der Waals surface area contributed by atoms with Crippen molar-refractivity contribution in [3.05, 3.63) is 41.3 Å². The summed E-state index contributed by atoms with van der Waals surface area (Å²) in [5.74, 6) is -0.821. The number of hydrogen-bond donors (Lipinski definition) is 2. The number of carboxylic acid groups (broad SMARTS) is 1. The van der Waals surface area contributed by atoms with Gasteiger partial charge < -0.3 is 15.2 Å². The van der Waals surface area contributed by atoms with Crippen LogP contribution in [0, 0.1) is 13.8 Å². The molecule has 0 aromatic carbocycles. The third kappa shape index (κ3) is 4.63. The first-order chi connectivity index (χ1) is 11.7. The van der Waals surface area contributed by atoms with Crippen molar-refractivity contribution in [2.75, 3.05) is 13.7 Å². The Balaban J connectivity index is 2.17. The maximum absolute atomic E-state index is 12.4. The summed E-state index contributed by atoms with van der Waals surface area (Å²) in [6, 6.07) is 5.26. The molecule has 0 fully saturated rings. The molecule has 2 heterocycles. The summed E-state index contributed by atoms with van der Waals surface area (Å²) < 4.78 is 6.72. The highest BCUT2D eigenvalue weighted by molar-refractivity contribution is 5.94. The van der Waals surface area contributed by atoms with E-state index in [1.165, 1.54) is 13.3 Å². The Morgan fingerprint density at radius 2 is 2.08 bits per heavy atom. The summed E-state index contributed by atoms with van der Waals surface area (Å²) >= 11 is 0. The van der Waals surface area contributed by atoms with Crippen molar-refractivity contribution in [2.24, 2.45) is 0 Å². The predicted molar refractivity (Wildman–Crippen MR) is 90.8 cm³/mol. The van der Waals surface area contributed by atoms with Crippen molar-refractivity contribution in [3.8, 4) is 5.82 Å². The zero-order chi connectivity index (χ0) is 18.6. The molecule has 0 bridgehead atoms. The maximum Gasteiger partial charge on any atom is 0.305 e. The number of carboxylic acids is 1. The van der Waals surface area contributed by atoms with E-state index in [0.29, 0.717) is 11.4 Å². The van der Waals surface area contributed by atoms with Crippen LogP contribution in [0.1, 0.15) is 35.1 Å². The van der Waals surface area contributed by atoms with Gasteiger partial charge in [-0.25, -0.2) is 9.67 Å². The van der Waals surface area contributed by atoms with Gasteiger partial charge in [0.05, 0.1) is 29.8 Å². The molecular weight excluding hydrogens is 324 g/mol. The molecule has 1 unspecified atom stereocenters. The molecule has 0 aliphatic heterocycles. The van der Waals surface area contributed by atoms with E-state index < -0.39 is 17.4 Å². The van der Waals surface area contributed by atoms with E-state index in [1.807, 2.05) is 19.9 Å². The van der Waals surface area contributed by atoms with Gasteiger partial charge in [0.1, 0.15) is 0 Å². The van der Waals surface area contributed by atoms with Crippen molar-refractivity contribution in [1.82, 2.24) is 20.1 Å². The largest absolute Gasteiger partial charge is 0.481 e. The smallest absolute Gasteiger partial charge is 0.305 e. The molecular formula is C17H22N4O4. The summed E-state index contributed by atoms with van der Waals surface area (Å²) in [6.45, 7) is 5.53. The lowest BCUT2D eigenvalue weighted by Gasteiger charge is -2.28. The van der Waals surface area contributed by atoms with Crippen LogP contribution in [0.4, 0.5) is 0 Å². The predicted octanol–water partition coefficient (Wildman–Crippen LogP) is 1.49. The Hall–Kier alpha value is -2.74. The van der Waals surface area contributed by atoms with Gasteiger partial charge in [0.2, 0.25) is 0 Å². The minimum atomic E-state index is -1.02. The Morgan fingerprint density at radius 1 is 1.36 bits per heavy atom. The van der Waals surface area contributed by atoms with Gasteiger partial charge in [0.15, 0.2) is 5.82 Å². The minimum absolute atomic E-state index is 0.0856. The van der Waals surface area contributed by atoms with Crippen LogP contribution in [-0.2, 0) is 9.53 Å². The molecule has 0 spiro atoms. The molecule has 134 valence electrons. The number of nitrogens with one attached hydrogen (secondary N) is 1. The number of carbonyl (C=O) groups excluding carboxylic acids is 1. The van der Waals surface area contributed by atoms with Gasteiger partial charge in [-0.3, -0.25) is 9.59 Å². The van der Waals surface area contributed by atoms with Gasteiger partial charge in [-0.1, -0.05) is 0 Å². The first-order valence-corrected chi connectivity index (χ1v) is 7.77. The molecule has 0 saturated carbocycles. The third-order valence-electron chi connectivity index (χ3n) is 3.66. The Kier molecular flexibility index (Phi) is 5.53. The molecule has 0 aliphatic rings. The molecule has 2 rings (SSSR count). The minimum Gasteiger partial charge on any atom is -0.481 e. The number of methoxy groups -OCH3 is 1. The highest BCUT2D eigenvalue weighted by atomic mass is 16.5. The number of carbonyl (C=O) groups is 2. The Labute approximate surface area is 145 Å². The van der Waals surface area contributed by atoms with Crippen molar-refractivity contribution in [1.29, 1.82) is 0 Å². The van der Waals surface area contributed by atoms with Gasteiger partial charge >= 0.3 is 5.97 Å². The second kappa shape index (κ2) is 7.43. The molecule has 0 aliphatic carbocycles. The lowest BCUT2D eigenvalue weighted by atomic mass is 9.98. The van der Waals surface area contributed by atoms with Gasteiger partial charge in [-0.05, 0) is 39.0 Å². The number of ether oxygens (including phenoxy) is 1. The maximum atomic E-state index is 12.4. The zero-order valence-corrected chi connectivity index (χ0v) is 14.7. The van der Waals surface area contributed by atoms with Crippen LogP contribution in [0.3, 0.4) is 0 Å². The van der Waals surface area contributed by atoms with E-state index in [0.717, 1.165) is 11.4 Å². The van der Waals surface area contributed by atoms with Crippen LogP contribution in [0.5, 0.6) is 0 Å². The second-order valence-electron chi connectivity index (χ2n) is 6.26. The zero-order valence-electron chi connectivity index (χ0n) is 14.7. The van der Waals surface area contributed by atoms with E-state index in [4.69, 9.17) is 9.84 Å². The molecule has 2 N–H and O–H groups in total. The van der Waals surface area contributed by atoms with Crippen molar-refractivity contribution in [3.63, 3.8) is 0 Å². The van der Waals surface area contributed by atoms with Gasteiger partial charge in [0.25, 0.3) is 5.91 Å². The summed E-state index contributed by atoms with van der Waals surface area (Å²) in [5.41, 5.74) is 1.14. The quantitative estimate of drug-likeness (QED) is 0.787. The highest BCUT2D eigenvalue weighted by Crippen LogP contribution is 2.14. The van der Waals surface area contributed by atoms with Crippen molar-refractivity contribution in [2.45, 2.75) is 32.7 Å². The van der Waals surface area contributed by atoms with Crippen molar-refractivity contribution < 1.29 is 19.4 Å².